The summed E-state index contributed by atoms with van der Waals surface area (Å²) in [5, 5.41) is 15.1. The molecule has 0 radical (unpaired) electrons. The second-order valence-corrected chi connectivity index (χ2v) is 24.7. The topological polar surface area (TPSA) is 9.86 Å². The Hall–Kier alpha value is -11.8. The normalized spacial score (nSPS) is 12.2. The van der Waals surface area contributed by atoms with Crippen LogP contribution in [0.15, 0.2) is 315 Å². The van der Waals surface area contributed by atoms with E-state index in [1.54, 1.807) is 0 Å². The fourth-order valence-electron chi connectivity index (χ4n) is 15.8. The summed E-state index contributed by atoms with van der Waals surface area (Å²) in [7, 11) is 0. The molecule has 2 aliphatic carbocycles. The lowest BCUT2D eigenvalue weighted by atomic mass is 9.92. The third-order valence-corrected chi connectivity index (χ3v) is 19.9. The molecular weight excluding hydrogens is 1080 g/mol. The van der Waals surface area contributed by atoms with Crippen molar-refractivity contribution in [3.8, 4) is 112 Å². The molecule has 90 heavy (non-hydrogen) atoms. The van der Waals surface area contributed by atoms with Crippen LogP contribution in [0.5, 0.6) is 0 Å². The summed E-state index contributed by atoms with van der Waals surface area (Å²) in [6.45, 7) is 0. The van der Waals surface area contributed by atoms with Crippen molar-refractivity contribution in [2.24, 2.45) is 0 Å². The van der Waals surface area contributed by atoms with Gasteiger partial charge in [0.05, 0.1) is 22.1 Å². The Balaban J connectivity index is 0.640. The SMILES string of the molecule is c1cc(-c2ccc3cc(-c4ccc5ccc(-c6ccc7c(c6)-c6ccc(-c8cc(-n9c%10ccccc%10c%10ccccc%109)cc(-n9c%10ccccc%10c%10ccccc%109)c8)c8cccc-7c68)cc5c4)ccc3c2)cc(-c2ccc3c4c(cccc24)-c2ccccc2-3)c1. The number of hydrogen-bond acceptors (Lipinski definition) is 0. The first-order valence-electron chi connectivity index (χ1n) is 31.3. The second kappa shape index (κ2) is 18.8. The summed E-state index contributed by atoms with van der Waals surface area (Å²) in [6, 6.07) is 118. The number of benzene rings is 16. The van der Waals surface area contributed by atoms with Gasteiger partial charge >= 0.3 is 0 Å². The summed E-state index contributed by atoms with van der Waals surface area (Å²) in [5.74, 6) is 0. The van der Waals surface area contributed by atoms with E-state index in [0.717, 1.165) is 11.4 Å². The van der Waals surface area contributed by atoms with Gasteiger partial charge in [-0.2, -0.15) is 0 Å². The van der Waals surface area contributed by atoms with Crippen LogP contribution in [0.1, 0.15) is 0 Å². The molecule has 2 aliphatic rings. The van der Waals surface area contributed by atoms with Crippen LogP contribution >= 0.6 is 0 Å². The van der Waals surface area contributed by atoms with Crippen molar-refractivity contribution in [1.82, 2.24) is 9.13 Å². The Kier molecular flexibility index (Phi) is 10.3. The minimum absolute atomic E-state index is 1.13. The van der Waals surface area contributed by atoms with Crippen molar-refractivity contribution >= 4 is 86.7 Å². The standard InChI is InChI=1S/C88H52N2/c1-2-17-70-69(16-1)78-24-12-22-76-67(40-42-80(70)87(76)78)62-15-11-14-54(46-62)55-34-35-57-45-58(37-36-56(57)44-55)59-32-30-53-31-33-60(48-63(53)47-59)61-38-39-71-79-25-13-23-77-68(41-43-81(88(77)79)82(71)51-61)64-49-65(89-83-26-7-3-18-72(83)73-19-4-8-27-84(73)89)52-66(50-64)90-85-28-9-5-20-74(85)75-21-6-10-29-86(75)90/h1-52H. The van der Waals surface area contributed by atoms with Crippen LogP contribution < -0.4 is 0 Å². The minimum atomic E-state index is 1.13. The Morgan fingerprint density at radius 1 is 0.156 bits per heavy atom. The summed E-state index contributed by atoms with van der Waals surface area (Å²) in [4.78, 5) is 0. The summed E-state index contributed by atoms with van der Waals surface area (Å²) >= 11 is 0. The van der Waals surface area contributed by atoms with Gasteiger partial charge in [-0.05, 0) is 222 Å². The molecule has 414 valence electrons. The van der Waals surface area contributed by atoms with E-state index < -0.39 is 0 Å². The smallest absolute Gasteiger partial charge is 0.0541 e. The largest absolute Gasteiger partial charge is 0.309 e. The Labute approximate surface area is 519 Å². The molecule has 2 heteroatoms. The molecule has 0 amide bonds. The summed E-state index contributed by atoms with van der Waals surface area (Å²) in [5.41, 5.74) is 29.6. The van der Waals surface area contributed by atoms with Gasteiger partial charge in [0.1, 0.15) is 0 Å². The number of rotatable bonds is 7. The number of para-hydroxylation sites is 4. The predicted octanol–water partition coefficient (Wildman–Crippen LogP) is 24.1. The molecule has 0 unspecified atom stereocenters. The van der Waals surface area contributed by atoms with Crippen molar-refractivity contribution in [1.29, 1.82) is 0 Å². The first-order valence-corrected chi connectivity index (χ1v) is 31.3. The van der Waals surface area contributed by atoms with E-state index >= 15 is 0 Å². The van der Waals surface area contributed by atoms with Gasteiger partial charge in [0.25, 0.3) is 0 Å². The highest BCUT2D eigenvalue weighted by molar-refractivity contribution is 6.21. The molecule has 0 fully saturated rings. The van der Waals surface area contributed by atoms with Crippen LogP contribution in [-0.4, -0.2) is 9.13 Å². The third kappa shape index (κ3) is 7.22. The lowest BCUT2D eigenvalue weighted by Crippen LogP contribution is -2.00. The van der Waals surface area contributed by atoms with E-state index in [9.17, 15) is 0 Å². The van der Waals surface area contributed by atoms with E-state index in [4.69, 9.17) is 0 Å². The maximum Gasteiger partial charge on any atom is 0.0541 e. The molecule has 0 atom stereocenters. The molecule has 2 aromatic heterocycles. The van der Waals surface area contributed by atoms with Gasteiger partial charge in [-0.15, -0.1) is 0 Å². The molecule has 0 aliphatic heterocycles. The van der Waals surface area contributed by atoms with E-state index in [1.807, 2.05) is 0 Å². The summed E-state index contributed by atoms with van der Waals surface area (Å²) < 4.78 is 4.93. The molecule has 0 N–H and O–H groups in total. The highest BCUT2D eigenvalue weighted by Crippen LogP contribution is 2.53. The van der Waals surface area contributed by atoms with Crippen LogP contribution in [0.4, 0.5) is 0 Å². The lowest BCUT2D eigenvalue weighted by molar-refractivity contribution is 1.13. The van der Waals surface area contributed by atoms with E-state index in [1.165, 1.54) is 187 Å². The minimum Gasteiger partial charge on any atom is -0.309 e. The Morgan fingerprint density at radius 2 is 0.489 bits per heavy atom. The van der Waals surface area contributed by atoms with Gasteiger partial charge in [-0.3, -0.25) is 0 Å². The molecule has 0 bridgehead atoms. The van der Waals surface area contributed by atoms with Gasteiger partial charge in [0.2, 0.25) is 0 Å². The van der Waals surface area contributed by atoms with Gasteiger partial charge in [-0.25, -0.2) is 0 Å². The third-order valence-electron chi connectivity index (χ3n) is 19.9. The monoisotopic (exact) mass is 1140 g/mol. The van der Waals surface area contributed by atoms with Crippen LogP contribution in [-0.2, 0) is 0 Å². The van der Waals surface area contributed by atoms with Crippen LogP contribution in [0, 0.1) is 0 Å². The average Bonchev–Trinajstić information content (AvgIpc) is 1.65. The van der Waals surface area contributed by atoms with Crippen molar-refractivity contribution < 1.29 is 0 Å². The highest BCUT2D eigenvalue weighted by atomic mass is 15.0. The van der Waals surface area contributed by atoms with Crippen molar-refractivity contribution in [2.75, 3.05) is 0 Å². The van der Waals surface area contributed by atoms with Crippen molar-refractivity contribution in [3.05, 3.63) is 315 Å². The zero-order chi connectivity index (χ0) is 58.7. The van der Waals surface area contributed by atoms with Gasteiger partial charge in [0.15, 0.2) is 0 Å². The maximum absolute atomic E-state index is 2.46. The molecule has 20 rings (SSSR count). The fourth-order valence-corrected chi connectivity index (χ4v) is 15.8. The number of aromatic nitrogens is 2. The number of hydrogen-bond donors (Lipinski definition) is 0. The quantitative estimate of drug-likeness (QED) is 0.151. The fraction of sp³-hybridized carbons (Fsp3) is 0. The van der Waals surface area contributed by atoms with Gasteiger partial charge in [0, 0.05) is 32.9 Å². The molecule has 18 aromatic rings. The van der Waals surface area contributed by atoms with Crippen molar-refractivity contribution in [2.45, 2.75) is 0 Å². The van der Waals surface area contributed by atoms with Gasteiger partial charge < -0.3 is 9.13 Å². The Bertz CT molecular complexity index is 5900. The van der Waals surface area contributed by atoms with Gasteiger partial charge in [-0.1, -0.05) is 237 Å². The first-order chi connectivity index (χ1) is 44.6. The van der Waals surface area contributed by atoms with Crippen molar-refractivity contribution in [3.63, 3.8) is 0 Å². The van der Waals surface area contributed by atoms with E-state index in [-0.39, 0.29) is 0 Å². The molecule has 0 saturated heterocycles. The lowest BCUT2D eigenvalue weighted by Gasteiger charge is -2.17. The Morgan fingerprint density at radius 3 is 1.01 bits per heavy atom. The van der Waals surface area contributed by atoms with Crippen LogP contribution in [0.3, 0.4) is 0 Å². The molecule has 16 aromatic carbocycles. The second-order valence-electron chi connectivity index (χ2n) is 24.7. The molecule has 0 saturated carbocycles. The predicted molar refractivity (Wildman–Crippen MR) is 381 cm³/mol. The van der Waals surface area contributed by atoms with E-state index in [2.05, 4.69) is 325 Å². The van der Waals surface area contributed by atoms with Crippen LogP contribution in [0.2, 0.25) is 0 Å². The molecule has 0 spiro atoms. The first kappa shape index (κ1) is 49.3. The average molecular weight is 1140 g/mol. The van der Waals surface area contributed by atoms with E-state index in [0.29, 0.717) is 0 Å². The van der Waals surface area contributed by atoms with Crippen LogP contribution in [0.25, 0.3) is 198 Å². The highest BCUT2D eigenvalue weighted by Gasteiger charge is 2.26. The maximum atomic E-state index is 2.46. The molecule has 2 heterocycles. The number of fused-ring (bicyclic) bond motifs is 14. The zero-order valence-electron chi connectivity index (χ0n) is 48.9. The molecule has 2 nitrogen and oxygen atoms in total. The summed E-state index contributed by atoms with van der Waals surface area (Å²) in [6.07, 6.45) is 0. The zero-order valence-corrected chi connectivity index (χ0v) is 48.9. The number of nitrogens with zero attached hydrogens (tertiary/aromatic N) is 2. The molecular formula is C88H52N2.